The molecule has 3 aromatic rings. The lowest BCUT2D eigenvalue weighted by Gasteiger charge is -2.32. The molecule has 0 unspecified atom stereocenters. The van der Waals surface area contributed by atoms with Gasteiger partial charge in [0.2, 0.25) is 11.8 Å². The van der Waals surface area contributed by atoms with Gasteiger partial charge in [-0.05, 0) is 62.7 Å². The summed E-state index contributed by atoms with van der Waals surface area (Å²) in [6.45, 7) is 4.59. The zero-order valence-electron chi connectivity index (χ0n) is 21.1. The van der Waals surface area contributed by atoms with Gasteiger partial charge < -0.3 is 10.2 Å². The molecule has 0 aromatic heterocycles. The fraction of sp³-hybridized carbons (Fsp3) is 0.259. The third-order valence-corrected chi connectivity index (χ3v) is 8.38. The first-order valence-corrected chi connectivity index (χ1v) is 14.0. The third-order valence-electron chi connectivity index (χ3n) is 5.86. The molecule has 7 nitrogen and oxygen atoms in total. The van der Waals surface area contributed by atoms with Gasteiger partial charge >= 0.3 is 0 Å². The van der Waals surface area contributed by atoms with Crippen LogP contribution < -0.4 is 9.62 Å². The highest BCUT2D eigenvalue weighted by molar-refractivity contribution is 7.92. The normalized spacial score (nSPS) is 12.1. The first-order chi connectivity index (χ1) is 17.9. The van der Waals surface area contributed by atoms with Gasteiger partial charge in [-0.1, -0.05) is 59.1 Å². The predicted octanol–water partition coefficient (Wildman–Crippen LogP) is 5.19. The Morgan fingerprint density at radius 2 is 1.66 bits per heavy atom. The van der Waals surface area contributed by atoms with Crippen molar-refractivity contribution in [3.05, 3.63) is 93.7 Å². The van der Waals surface area contributed by atoms with Gasteiger partial charge in [-0.2, -0.15) is 0 Å². The van der Waals surface area contributed by atoms with E-state index in [2.05, 4.69) is 5.32 Å². The van der Waals surface area contributed by atoms with Gasteiger partial charge in [0, 0.05) is 13.1 Å². The van der Waals surface area contributed by atoms with Gasteiger partial charge in [-0.3, -0.25) is 13.9 Å². The number of halogens is 3. The van der Waals surface area contributed by atoms with Gasteiger partial charge in [-0.25, -0.2) is 12.8 Å². The van der Waals surface area contributed by atoms with Crippen LogP contribution in [0.5, 0.6) is 0 Å². The molecule has 0 spiro atoms. The van der Waals surface area contributed by atoms with Crippen LogP contribution in [0.3, 0.4) is 0 Å². The number of hydrogen-bond donors (Lipinski definition) is 1. The molecule has 0 saturated heterocycles. The van der Waals surface area contributed by atoms with Crippen LogP contribution in [0.2, 0.25) is 10.0 Å². The van der Waals surface area contributed by atoms with Crippen molar-refractivity contribution in [3.63, 3.8) is 0 Å². The summed E-state index contributed by atoms with van der Waals surface area (Å²) in [7, 11) is -4.36. The van der Waals surface area contributed by atoms with Crippen molar-refractivity contribution in [2.24, 2.45) is 0 Å². The number of carbonyl (C=O) groups excluding carboxylic acids is 2. The average molecular weight is 581 g/mol. The van der Waals surface area contributed by atoms with Crippen LogP contribution in [-0.4, -0.2) is 44.3 Å². The molecular formula is C27H28Cl2FN3O4S. The topological polar surface area (TPSA) is 86.8 Å². The standard InChI is InChI=1S/C27H28Cl2FN3O4S/c1-4-31-27(35)19(3)32(16-20-11-14-22(28)23(29)15-20)26(34)17-33(25-8-6-5-7-24(25)30)38(36,37)21-12-9-18(2)10-13-21/h5-15,19H,4,16-17H2,1-3H3,(H,31,35)/t19-/m1/s1. The Balaban J connectivity index is 2.05. The lowest BCUT2D eigenvalue weighted by Crippen LogP contribution is -2.51. The van der Waals surface area contributed by atoms with Gasteiger partial charge in [0.05, 0.1) is 20.6 Å². The van der Waals surface area contributed by atoms with Gasteiger partial charge in [0.15, 0.2) is 0 Å². The highest BCUT2D eigenvalue weighted by Crippen LogP contribution is 2.28. The summed E-state index contributed by atoms with van der Waals surface area (Å²) in [6.07, 6.45) is 0. The SMILES string of the molecule is CCNC(=O)[C@@H](C)N(Cc1ccc(Cl)c(Cl)c1)C(=O)CN(c1ccccc1F)S(=O)(=O)c1ccc(C)cc1. The Morgan fingerprint density at radius 1 is 1.00 bits per heavy atom. The number of rotatable bonds is 10. The molecule has 0 aliphatic heterocycles. The number of nitrogens with zero attached hydrogens (tertiary/aromatic N) is 2. The highest BCUT2D eigenvalue weighted by atomic mass is 35.5. The summed E-state index contributed by atoms with van der Waals surface area (Å²) in [5.41, 5.74) is 1.12. The smallest absolute Gasteiger partial charge is 0.264 e. The molecule has 2 amide bonds. The van der Waals surface area contributed by atoms with Gasteiger partial charge in [0.1, 0.15) is 18.4 Å². The van der Waals surface area contributed by atoms with Crippen LogP contribution in [-0.2, 0) is 26.2 Å². The largest absolute Gasteiger partial charge is 0.355 e. The van der Waals surface area contributed by atoms with Gasteiger partial charge in [0.25, 0.3) is 10.0 Å². The maximum atomic E-state index is 14.9. The number of benzene rings is 3. The van der Waals surface area contributed by atoms with Crippen molar-refractivity contribution in [2.45, 2.75) is 38.3 Å². The molecule has 0 radical (unpaired) electrons. The molecule has 0 fully saturated rings. The second-order valence-corrected chi connectivity index (χ2v) is 11.3. The first kappa shape index (κ1) is 29.4. The molecule has 0 aliphatic carbocycles. The van der Waals surface area contributed by atoms with E-state index >= 15 is 0 Å². The minimum Gasteiger partial charge on any atom is -0.355 e. The minimum atomic E-state index is -4.36. The monoisotopic (exact) mass is 579 g/mol. The predicted molar refractivity (Wildman–Crippen MR) is 147 cm³/mol. The number of anilines is 1. The zero-order chi connectivity index (χ0) is 28.0. The summed E-state index contributed by atoms with van der Waals surface area (Å²) in [5, 5.41) is 3.25. The Bertz CT molecular complexity index is 1420. The van der Waals surface area contributed by atoms with Crippen LogP contribution in [0, 0.1) is 12.7 Å². The third kappa shape index (κ3) is 6.83. The summed E-state index contributed by atoms with van der Waals surface area (Å²) in [4.78, 5) is 27.6. The summed E-state index contributed by atoms with van der Waals surface area (Å²) >= 11 is 12.2. The second kappa shape index (κ2) is 12.6. The zero-order valence-corrected chi connectivity index (χ0v) is 23.4. The van der Waals surface area contributed by atoms with E-state index in [4.69, 9.17) is 23.2 Å². The molecule has 1 N–H and O–H groups in total. The molecule has 11 heteroatoms. The summed E-state index contributed by atoms with van der Waals surface area (Å²) < 4.78 is 43.0. The number of likely N-dealkylation sites (N-methyl/N-ethyl adjacent to an activating group) is 1. The highest BCUT2D eigenvalue weighted by Gasteiger charge is 2.33. The number of amides is 2. The molecule has 3 rings (SSSR count). The number of sulfonamides is 1. The molecule has 0 heterocycles. The maximum absolute atomic E-state index is 14.9. The number of para-hydroxylation sites is 1. The van der Waals surface area contributed by atoms with E-state index in [1.54, 1.807) is 44.2 Å². The van der Waals surface area contributed by atoms with Crippen LogP contribution in [0.4, 0.5) is 10.1 Å². The summed E-state index contributed by atoms with van der Waals surface area (Å²) in [6, 6.07) is 15.1. The van der Waals surface area contributed by atoms with E-state index < -0.39 is 40.2 Å². The van der Waals surface area contributed by atoms with Crippen molar-refractivity contribution in [1.29, 1.82) is 0 Å². The molecule has 0 bridgehead atoms. The Labute approximate surface area is 232 Å². The van der Waals surface area contributed by atoms with Crippen LogP contribution in [0.1, 0.15) is 25.0 Å². The first-order valence-electron chi connectivity index (χ1n) is 11.8. The molecule has 3 aromatic carbocycles. The molecule has 1 atom stereocenters. The Morgan fingerprint density at radius 3 is 2.26 bits per heavy atom. The van der Waals surface area contributed by atoms with E-state index in [9.17, 15) is 22.4 Å². The molecule has 0 aliphatic rings. The Kier molecular flexibility index (Phi) is 9.76. The fourth-order valence-electron chi connectivity index (χ4n) is 3.74. The number of hydrogen-bond acceptors (Lipinski definition) is 4. The molecule has 38 heavy (non-hydrogen) atoms. The number of nitrogens with one attached hydrogen (secondary N) is 1. The van der Waals surface area contributed by atoms with E-state index in [1.165, 1.54) is 42.2 Å². The van der Waals surface area contributed by atoms with Crippen LogP contribution in [0.25, 0.3) is 0 Å². The minimum absolute atomic E-state index is 0.0658. The Hall–Kier alpha value is -3.14. The molecule has 202 valence electrons. The molecular weight excluding hydrogens is 552 g/mol. The fourth-order valence-corrected chi connectivity index (χ4v) is 5.49. The van der Waals surface area contributed by atoms with E-state index in [1.807, 2.05) is 0 Å². The lowest BCUT2D eigenvalue weighted by atomic mass is 10.1. The maximum Gasteiger partial charge on any atom is 0.264 e. The summed E-state index contributed by atoms with van der Waals surface area (Å²) in [5.74, 6) is -1.96. The van der Waals surface area contributed by atoms with E-state index in [0.29, 0.717) is 17.1 Å². The van der Waals surface area contributed by atoms with Crippen molar-refractivity contribution >= 4 is 50.7 Å². The van der Waals surface area contributed by atoms with Crippen LogP contribution in [0.15, 0.2) is 71.6 Å². The van der Waals surface area contributed by atoms with Gasteiger partial charge in [-0.15, -0.1) is 0 Å². The van der Waals surface area contributed by atoms with Crippen molar-refractivity contribution in [3.8, 4) is 0 Å². The molecule has 0 saturated carbocycles. The van der Waals surface area contributed by atoms with Crippen molar-refractivity contribution < 1.29 is 22.4 Å². The van der Waals surface area contributed by atoms with Crippen LogP contribution >= 0.6 is 23.2 Å². The quantitative estimate of drug-likeness (QED) is 0.358. The second-order valence-electron chi connectivity index (χ2n) is 8.62. The number of carbonyl (C=O) groups is 2. The van der Waals surface area contributed by atoms with Crippen molar-refractivity contribution in [2.75, 3.05) is 17.4 Å². The van der Waals surface area contributed by atoms with E-state index in [0.717, 1.165) is 15.9 Å². The van der Waals surface area contributed by atoms with E-state index in [-0.39, 0.29) is 22.2 Å². The van der Waals surface area contributed by atoms with Crippen molar-refractivity contribution in [1.82, 2.24) is 10.2 Å². The number of aryl methyl sites for hydroxylation is 1. The lowest BCUT2D eigenvalue weighted by molar-refractivity contribution is -0.139. The average Bonchev–Trinajstić information content (AvgIpc) is 2.88.